The second kappa shape index (κ2) is 7.66. The summed E-state index contributed by atoms with van der Waals surface area (Å²) < 4.78 is 5.19. The maximum Gasteiger partial charge on any atom is 0.295 e. The molecule has 134 valence electrons. The van der Waals surface area contributed by atoms with Crippen LogP contribution in [0.4, 0.5) is 10.5 Å². The topological polar surface area (TPSA) is 58.6 Å². The lowest BCUT2D eigenvalue weighted by Crippen LogP contribution is -2.33. The number of benzene rings is 2. The molecule has 1 heterocycles. The van der Waals surface area contributed by atoms with Gasteiger partial charge in [-0.05, 0) is 66.6 Å². The number of nitrogens with zero attached hydrogens (tertiary/aromatic N) is 1. The Morgan fingerprint density at radius 3 is 2.69 bits per heavy atom. The second-order valence-corrected chi connectivity index (χ2v) is 6.96. The van der Waals surface area contributed by atoms with Crippen molar-refractivity contribution < 1.29 is 14.3 Å². The highest BCUT2D eigenvalue weighted by Gasteiger charge is 2.34. The number of anilines is 1. The lowest BCUT2D eigenvalue weighted by molar-refractivity contribution is -0.122. The van der Waals surface area contributed by atoms with Gasteiger partial charge in [0.2, 0.25) is 0 Å². The van der Waals surface area contributed by atoms with Crippen LogP contribution in [-0.2, 0) is 4.79 Å². The fourth-order valence-electron chi connectivity index (χ4n) is 2.63. The molecule has 1 saturated heterocycles. The minimum Gasteiger partial charge on any atom is -0.497 e. The van der Waals surface area contributed by atoms with Crippen molar-refractivity contribution in [2.45, 2.75) is 13.8 Å². The number of imide groups is 1. The number of carbonyl (C=O) groups excluding carboxylic acids is 2. The van der Waals surface area contributed by atoms with Gasteiger partial charge in [0.1, 0.15) is 5.75 Å². The highest BCUT2D eigenvalue weighted by Crippen LogP contribution is 2.32. The number of rotatable bonds is 5. The number of aryl methyl sites for hydroxylation is 1. The van der Waals surface area contributed by atoms with Gasteiger partial charge in [-0.3, -0.25) is 14.5 Å². The van der Waals surface area contributed by atoms with Crippen LogP contribution < -0.4 is 10.1 Å². The number of hydrogen-bond acceptors (Lipinski definition) is 5. The van der Waals surface area contributed by atoms with Gasteiger partial charge in [-0.2, -0.15) is 0 Å². The molecule has 1 fully saturated rings. The molecule has 6 heteroatoms. The minimum atomic E-state index is -0.291. The first kappa shape index (κ1) is 18.1. The number of thioether (sulfide) groups is 1. The van der Waals surface area contributed by atoms with E-state index in [9.17, 15) is 9.59 Å². The molecule has 3 rings (SSSR count). The van der Waals surface area contributed by atoms with E-state index in [1.807, 2.05) is 56.3 Å². The van der Waals surface area contributed by atoms with E-state index in [4.69, 9.17) is 4.74 Å². The number of nitrogens with one attached hydrogen (secondary N) is 1. The lowest BCUT2D eigenvalue weighted by Gasteiger charge is -2.16. The van der Waals surface area contributed by atoms with Gasteiger partial charge in [0.15, 0.2) is 0 Å². The van der Waals surface area contributed by atoms with Crippen molar-refractivity contribution in [3.63, 3.8) is 0 Å². The molecule has 2 amide bonds. The number of amides is 2. The summed E-state index contributed by atoms with van der Waals surface area (Å²) in [6.07, 6.45) is 1.71. The van der Waals surface area contributed by atoms with E-state index in [2.05, 4.69) is 5.32 Å². The summed E-state index contributed by atoms with van der Waals surface area (Å²) in [5, 5.41) is 2.91. The van der Waals surface area contributed by atoms with Crippen LogP contribution in [0.15, 0.2) is 47.4 Å². The first-order valence-electron chi connectivity index (χ1n) is 8.19. The quantitative estimate of drug-likeness (QED) is 0.792. The van der Waals surface area contributed by atoms with E-state index >= 15 is 0 Å². The van der Waals surface area contributed by atoms with Crippen LogP contribution in [0.5, 0.6) is 5.75 Å². The molecule has 0 aliphatic carbocycles. The van der Waals surface area contributed by atoms with E-state index in [0.717, 1.165) is 34.1 Å². The van der Waals surface area contributed by atoms with Gasteiger partial charge in [0.25, 0.3) is 11.1 Å². The molecule has 0 radical (unpaired) electrons. The Morgan fingerprint density at radius 1 is 1.15 bits per heavy atom. The normalized spacial score (nSPS) is 15.7. The summed E-state index contributed by atoms with van der Waals surface area (Å²) in [7, 11) is 1.59. The molecule has 26 heavy (non-hydrogen) atoms. The summed E-state index contributed by atoms with van der Waals surface area (Å²) in [6, 6.07) is 13.3. The maximum absolute atomic E-state index is 12.6. The van der Waals surface area contributed by atoms with Crippen LogP contribution in [0.3, 0.4) is 0 Å². The van der Waals surface area contributed by atoms with E-state index in [0.29, 0.717) is 10.7 Å². The molecule has 5 nitrogen and oxygen atoms in total. The first-order chi connectivity index (χ1) is 12.5. The molecule has 1 aliphatic heterocycles. The van der Waals surface area contributed by atoms with Crippen LogP contribution in [0.2, 0.25) is 0 Å². The number of ether oxygens (including phenoxy) is 1. The zero-order valence-corrected chi connectivity index (χ0v) is 15.7. The number of hydrogen-bond donors (Lipinski definition) is 1. The Morgan fingerprint density at radius 2 is 1.92 bits per heavy atom. The predicted octanol–water partition coefficient (Wildman–Crippen LogP) is 4.42. The summed E-state index contributed by atoms with van der Waals surface area (Å²) in [5.41, 5.74) is 3.99. The molecule has 0 atom stereocenters. The van der Waals surface area contributed by atoms with Crippen molar-refractivity contribution >= 4 is 34.7 Å². The van der Waals surface area contributed by atoms with E-state index in [-0.39, 0.29) is 17.8 Å². The Labute approximate surface area is 157 Å². The van der Waals surface area contributed by atoms with Crippen molar-refractivity contribution in [2.75, 3.05) is 19.1 Å². The summed E-state index contributed by atoms with van der Waals surface area (Å²) in [4.78, 5) is 26.5. The fourth-order valence-corrected chi connectivity index (χ4v) is 3.46. The van der Waals surface area contributed by atoms with E-state index in [1.54, 1.807) is 13.2 Å². The molecular weight excluding hydrogens is 348 g/mol. The zero-order chi connectivity index (χ0) is 18.7. The van der Waals surface area contributed by atoms with Crippen LogP contribution in [0.1, 0.15) is 16.7 Å². The third-order valence-electron chi connectivity index (χ3n) is 4.30. The molecular formula is C20H20N2O3S. The second-order valence-electron chi connectivity index (χ2n) is 5.97. The van der Waals surface area contributed by atoms with E-state index in [1.165, 1.54) is 4.90 Å². The highest BCUT2D eigenvalue weighted by atomic mass is 32.2. The molecule has 0 bridgehead atoms. The molecule has 1 aliphatic rings. The molecule has 0 unspecified atom stereocenters. The molecule has 2 aromatic rings. The van der Waals surface area contributed by atoms with Gasteiger partial charge in [0.05, 0.1) is 18.7 Å². The summed E-state index contributed by atoms with van der Waals surface area (Å²) in [6.45, 7) is 4.18. The lowest BCUT2D eigenvalue weighted by atomic mass is 10.1. The fraction of sp³-hybridized carbons (Fsp3) is 0.200. The standard InChI is InChI=1S/C20H20N2O3S/c1-13-6-4-9-17(14(13)2)21-12-22-19(23)18(26-20(22)24)11-15-7-5-8-16(10-15)25-3/h4-11,21H,12H2,1-3H3. The third-order valence-corrected chi connectivity index (χ3v) is 5.20. The number of methoxy groups -OCH3 is 1. The smallest absolute Gasteiger partial charge is 0.295 e. The van der Waals surface area contributed by atoms with Gasteiger partial charge < -0.3 is 10.1 Å². The number of carbonyl (C=O) groups is 2. The predicted molar refractivity (Wildman–Crippen MR) is 105 cm³/mol. The Bertz CT molecular complexity index is 892. The largest absolute Gasteiger partial charge is 0.497 e. The SMILES string of the molecule is COc1cccc(C=C2SC(=O)N(CNc3cccc(C)c3C)C2=O)c1. The van der Waals surface area contributed by atoms with Gasteiger partial charge in [-0.15, -0.1) is 0 Å². The molecule has 0 spiro atoms. The summed E-state index contributed by atoms with van der Waals surface area (Å²) >= 11 is 0.950. The van der Waals surface area contributed by atoms with E-state index < -0.39 is 0 Å². The average molecular weight is 368 g/mol. The molecule has 0 aromatic heterocycles. The van der Waals surface area contributed by atoms with Crippen LogP contribution in [-0.4, -0.2) is 29.8 Å². The van der Waals surface area contributed by atoms with Crippen molar-refractivity contribution in [3.05, 3.63) is 64.1 Å². The van der Waals surface area contributed by atoms with Crippen molar-refractivity contribution in [3.8, 4) is 5.75 Å². The van der Waals surface area contributed by atoms with Gasteiger partial charge in [-0.25, -0.2) is 0 Å². The first-order valence-corrected chi connectivity index (χ1v) is 9.01. The van der Waals surface area contributed by atoms with Crippen LogP contribution >= 0.6 is 11.8 Å². The van der Waals surface area contributed by atoms with Crippen molar-refractivity contribution in [1.29, 1.82) is 0 Å². The van der Waals surface area contributed by atoms with Crippen molar-refractivity contribution in [1.82, 2.24) is 4.90 Å². The van der Waals surface area contributed by atoms with Gasteiger partial charge >= 0.3 is 0 Å². The van der Waals surface area contributed by atoms with Crippen LogP contribution in [0, 0.1) is 13.8 Å². The molecule has 2 aromatic carbocycles. The Kier molecular flexibility index (Phi) is 5.32. The zero-order valence-electron chi connectivity index (χ0n) is 14.9. The highest BCUT2D eigenvalue weighted by molar-refractivity contribution is 8.18. The molecule has 0 saturated carbocycles. The molecule has 1 N–H and O–H groups in total. The summed E-state index contributed by atoms with van der Waals surface area (Å²) in [5.74, 6) is 0.412. The minimum absolute atomic E-state index is 0.143. The van der Waals surface area contributed by atoms with Crippen molar-refractivity contribution in [2.24, 2.45) is 0 Å². The van der Waals surface area contributed by atoms with Gasteiger partial charge in [-0.1, -0.05) is 24.3 Å². The maximum atomic E-state index is 12.6. The van der Waals surface area contributed by atoms with Crippen LogP contribution in [0.25, 0.3) is 6.08 Å². The third kappa shape index (κ3) is 3.75. The van der Waals surface area contributed by atoms with Gasteiger partial charge in [0, 0.05) is 5.69 Å². The monoisotopic (exact) mass is 368 g/mol. The Balaban J connectivity index is 1.74. The average Bonchev–Trinajstić information content (AvgIpc) is 2.90. The Hall–Kier alpha value is -2.73.